The molecule has 2 aromatic carbocycles. The highest BCUT2D eigenvalue weighted by atomic mass is 127. The summed E-state index contributed by atoms with van der Waals surface area (Å²) < 4.78 is 18.3. The number of nitrogens with one attached hydrogen (secondary N) is 1. The second-order valence-corrected chi connectivity index (χ2v) is 12.3. The van der Waals surface area contributed by atoms with Crippen LogP contribution in [0, 0.1) is 0 Å². The van der Waals surface area contributed by atoms with Crippen LogP contribution in [0.5, 0.6) is 5.75 Å². The van der Waals surface area contributed by atoms with Gasteiger partial charge in [0.05, 0.1) is 24.0 Å². The van der Waals surface area contributed by atoms with Crippen molar-refractivity contribution in [1.29, 1.82) is 0 Å². The molecular formula is C30H34IN5O5. The number of hydrogen-bond acceptors (Lipinski definition) is 8. The fourth-order valence-corrected chi connectivity index (χ4v) is 4.92. The maximum atomic E-state index is 12.1. The lowest BCUT2D eigenvalue weighted by molar-refractivity contribution is -0.0365. The average Bonchev–Trinajstić information content (AvgIpc) is 3.35. The lowest BCUT2D eigenvalue weighted by Crippen LogP contribution is -2.28. The molecule has 1 saturated heterocycles. The van der Waals surface area contributed by atoms with Crippen molar-refractivity contribution in [2.45, 2.75) is 62.1 Å². The van der Waals surface area contributed by atoms with Crippen LogP contribution in [0.1, 0.15) is 57.0 Å². The van der Waals surface area contributed by atoms with E-state index in [4.69, 9.17) is 19.3 Å². The Kier molecular flexibility index (Phi) is 9.35. The van der Waals surface area contributed by atoms with E-state index >= 15 is 0 Å². The maximum absolute atomic E-state index is 12.1. The summed E-state index contributed by atoms with van der Waals surface area (Å²) >= 11 is 1.93. The molecule has 0 bridgehead atoms. The Balaban J connectivity index is 1.30. The van der Waals surface area contributed by atoms with E-state index in [1.165, 1.54) is 0 Å². The molecule has 4 aromatic rings. The van der Waals surface area contributed by atoms with Crippen LogP contribution in [0.4, 0.5) is 4.79 Å². The summed E-state index contributed by atoms with van der Waals surface area (Å²) in [5.74, 6) is 0.673. The number of carbonyl (C=O) groups excluding carboxylic acids is 1. The molecule has 3 heterocycles. The highest BCUT2D eigenvalue weighted by molar-refractivity contribution is 14.1. The van der Waals surface area contributed by atoms with Gasteiger partial charge in [0.1, 0.15) is 29.4 Å². The Labute approximate surface area is 252 Å². The Morgan fingerprint density at radius 3 is 2.83 bits per heavy atom. The molecule has 1 aliphatic heterocycles. The number of rotatable bonds is 10. The molecule has 1 amide bonds. The first kappa shape index (κ1) is 29.2. The molecule has 10 nitrogen and oxygen atoms in total. The minimum atomic E-state index is -1.17. The summed E-state index contributed by atoms with van der Waals surface area (Å²) in [6, 6.07) is 15.4. The van der Waals surface area contributed by atoms with E-state index in [1.807, 2.05) is 82.7 Å². The van der Waals surface area contributed by atoms with Crippen molar-refractivity contribution in [3.63, 3.8) is 0 Å². The van der Waals surface area contributed by atoms with Crippen molar-refractivity contribution >= 4 is 39.6 Å². The maximum Gasteiger partial charge on any atom is 0.407 e. The fraction of sp³-hybridized carbons (Fsp3) is 0.400. The highest BCUT2D eigenvalue weighted by Gasteiger charge is 2.25. The van der Waals surface area contributed by atoms with E-state index < -0.39 is 9.70 Å². The van der Waals surface area contributed by atoms with Crippen LogP contribution >= 0.6 is 22.6 Å². The number of nitrogens with zero attached hydrogens (tertiary/aromatic N) is 4. The molecule has 11 heteroatoms. The van der Waals surface area contributed by atoms with Gasteiger partial charge in [-0.15, -0.1) is 0 Å². The first-order valence-electron chi connectivity index (χ1n) is 13.8. The molecule has 2 N–H and O–H groups in total. The van der Waals surface area contributed by atoms with Gasteiger partial charge >= 0.3 is 6.09 Å². The standard InChI is InChI=1S/C30H34IN5O5/c1-20(13-14-33-29(37)40-19-21-8-4-3-5-9-21)41-22-11-12-25-23(16-22)28(35-36(25)27-10-6-7-15-39-27)24-17-32-18-26(34-24)30(2,31)38/h3-5,8-9,11-12,16-18,20,27,38H,6-7,10,13-15,19H2,1-2H3,(H,33,37)/t20-,27?,30?/m1/s1. The third kappa shape index (κ3) is 7.52. The smallest absolute Gasteiger partial charge is 0.407 e. The van der Waals surface area contributed by atoms with Crippen LogP contribution in [0.3, 0.4) is 0 Å². The molecule has 216 valence electrons. The predicted octanol–water partition coefficient (Wildman–Crippen LogP) is 5.88. The second kappa shape index (κ2) is 13.1. The third-order valence-electron chi connectivity index (χ3n) is 6.82. The monoisotopic (exact) mass is 671 g/mol. The molecule has 0 radical (unpaired) electrons. The third-order valence-corrected chi connectivity index (χ3v) is 7.37. The largest absolute Gasteiger partial charge is 0.491 e. The van der Waals surface area contributed by atoms with Gasteiger partial charge in [-0.05, 0) is 79.5 Å². The van der Waals surface area contributed by atoms with Gasteiger partial charge in [-0.3, -0.25) is 4.98 Å². The molecule has 5 rings (SSSR count). The summed E-state index contributed by atoms with van der Waals surface area (Å²) in [5, 5.41) is 19.1. The van der Waals surface area contributed by atoms with Crippen molar-refractivity contribution in [1.82, 2.24) is 25.1 Å². The van der Waals surface area contributed by atoms with Crippen LogP contribution < -0.4 is 10.1 Å². The second-order valence-electron chi connectivity index (χ2n) is 10.2. The molecule has 0 aliphatic carbocycles. The van der Waals surface area contributed by atoms with E-state index in [0.29, 0.717) is 42.4 Å². The molecule has 2 aromatic heterocycles. The van der Waals surface area contributed by atoms with E-state index in [1.54, 1.807) is 19.3 Å². The number of ether oxygens (including phenoxy) is 3. The number of benzene rings is 2. The zero-order chi connectivity index (χ0) is 28.8. The molecule has 3 atom stereocenters. The average molecular weight is 672 g/mol. The number of fused-ring (bicyclic) bond motifs is 1. The van der Waals surface area contributed by atoms with Crippen LogP contribution in [0.25, 0.3) is 22.3 Å². The zero-order valence-electron chi connectivity index (χ0n) is 23.1. The molecule has 2 unspecified atom stereocenters. The Hall–Kier alpha value is -3.29. The Bertz CT molecular complexity index is 1470. The fourth-order valence-electron chi connectivity index (χ4n) is 4.66. The number of hydrogen-bond donors (Lipinski definition) is 2. The molecular weight excluding hydrogens is 637 g/mol. The lowest BCUT2D eigenvalue weighted by Gasteiger charge is -2.23. The molecule has 1 fully saturated rings. The zero-order valence-corrected chi connectivity index (χ0v) is 25.3. The van der Waals surface area contributed by atoms with Gasteiger partial charge in [-0.25, -0.2) is 14.5 Å². The SMILES string of the molecule is C[C@H](CCNC(=O)OCc1ccccc1)Oc1ccc2c(c1)c(-c1cncc(C(C)(O)I)n1)nn2C1CCCCO1. The van der Waals surface area contributed by atoms with E-state index in [-0.39, 0.29) is 18.9 Å². The predicted molar refractivity (Wildman–Crippen MR) is 163 cm³/mol. The van der Waals surface area contributed by atoms with Gasteiger partial charge in [0, 0.05) is 25.0 Å². The van der Waals surface area contributed by atoms with Gasteiger partial charge in [-0.2, -0.15) is 5.10 Å². The van der Waals surface area contributed by atoms with Gasteiger partial charge in [0.25, 0.3) is 0 Å². The number of amides is 1. The van der Waals surface area contributed by atoms with Crippen LogP contribution in [0.15, 0.2) is 60.9 Å². The van der Waals surface area contributed by atoms with Crippen molar-refractivity contribution in [3.8, 4) is 17.1 Å². The van der Waals surface area contributed by atoms with Crippen molar-refractivity contribution in [2.24, 2.45) is 0 Å². The summed E-state index contributed by atoms with van der Waals surface area (Å²) in [6.45, 7) is 4.96. The van der Waals surface area contributed by atoms with Gasteiger partial charge in [-0.1, -0.05) is 30.3 Å². The van der Waals surface area contributed by atoms with Gasteiger partial charge in [0.2, 0.25) is 0 Å². The highest BCUT2D eigenvalue weighted by Crippen LogP contribution is 2.35. The van der Waals surface area contributed by atoms with Crippen LogP contribution in [-0.2, 0) is 19.7 Å². The van der Waals surface area contributed by atoms with Crippen molar-refractivity contribution in [3.05, 3.63) is 72.2 Å². The summed E-state index contributed by atoms with van der Waals surface area (Å²) in [7, 11) is 0. The van der Waals surface area contributed by atoms with Gasteiger partial charge in [0.15, 0.2) is 9.84 Å². The summed E-state index contributed by atoms with van der Waals surface area (Å²) in [6.07, 6.45) is 6.00. The number of alkyl halides is 1. The summed E-state index contributed by atoms with van der Waals surface area (Å²) in [4.78, 5) is 21.1. The van der Waals surface area contributed by atoms with Crippen LogP contribution in [-0.4, -0.2) is 50.2 Å². The minimum absolute atomic E-state index is 0.165. The molecule has 1 aliphatic rings. The molecule has 0 spiro atoms. The Morgan fingerprint density at radius 1 is 1.24 bits per heavy atom. The van der Waals surface area contributed by atoms with E-state index in [9.17, 15) is 9.90 Å². The number of aliphatic hydroxyl groups is 1. The number of carbonyl (C=O) groups is 1. The van der Waals surface area contributed by atoms with E-state index in [0.717, 1.165) is 35.7 Å². The van der Waals surface area contributed by atoms with Crippen molar-refractivity contribution < 1.29 is 24.1 Å². The first-order valence-corrected chi connectivity index (χ1v) is 14.8. The molecule has 41 heavy (non-hydrogen) atoms. The Morgan fingerprint density at radius 2 is 2.07 bits per heavy atom. The number of aromatic nitrogens is 4. The minimum Gasteiger partial charge on any atom is -0.491 e. The number of halogens is 1. The first-order chi connectivity index (χ1) is 19.8. The lowest BCUT2D eigenvalue weighted by atomic mass is 10.1. The quantitative estimate of drug-likeness (QED) is 0.159. The normalized spacial score (nSPS) is 17.5. The summed E-state index contributed by atoms with van der Waals surface area (Å²) in [5.41, 5.74) is 3.49. The van der Waals surface area contributed by atoms with Crippen LogP contribution in [0.2, 0.25) is 0 Å². The van der Waals surface area contributed by atoms with Crippen molar-refractivity contribution in [2.75, 3.05) is 13.2 Å². The van der Waals surface area contributed by atoms with Gasteiger partial charge < -0.3 is 24.6 Å². The van der Waals surface area contributed by atoms with E-state index in [2.05, 4.69) is 15.3 Å². The topological polar surface area (TPSA) is 121 Å². The number of alkyl carbamates (subject to hydrolysis) is 1. The molecule has 0 saturated carbocycles.